The zero-order valence-electron chi connectivity index (χ0n) is 9.78. The number of ether oxygens (including phenoxy) is 1. The van der Waals surface area contributed by atoms with E-state index in [0.717, 1.165) is 0 Å². The molecule has 0 fully saturated rings. The second-order valence-electron chi connectivity index (χ2n) is 4.26. The van der Waals surface area contributed by atoms with Crippen LogP contribution in [0, 0.1) is 0 Å². The number of carbonyl (C=O) groups is 1. The number of fused-ring (bicyclic) bond motifs is 1. The van der Waals surface area contributed by atoms with Crippen LogP contribution in [0.4, 0.5) is 0 Å². The van der Waals surface area contributed by atoms with Crippen molar-refractivity contribution in [2.45, 2.75) is 19.3 Å². The smallest absolute Gasteiger partial charge is 0.317 e. The third-order valence-corrected chi connectivity index (χ3v) is 3.05. The fourth-order valence-electron chi connectivity index (χ4n) is 1.73. The largest absolute Gasteiger partial charge is 0.468 e. The van der Waals surface area contributed by atoms with Gasteiger partial charge >= 0.3 is 5.97 Å². The molecule has 1 aromatic carbocycles. The highest BCUT2D eigenvalue weighted by molar-refractivity contribution is 6.35. The van der Waals surface area contributed by atoms with Gasteiger partial charge in [-0.15, -0.1) is 0 Å². The van der Waals surface area contributed by atoms with Gasteiger partial charge in [0.1, 0.15) is 11.1 Å². The molecule has 0 saturated carbocycles. The molecule has 17 heavy (non-hydrogen) atoms. The van der Waals surface area contributed by atoms with E-state index in [9.17, 15) is 4.79 Å². The van der Waals surface area contributed by atoms with Gasteiger partial charge in [0, 0.05) is 0 Å². The lowest BCUT2D eigenvalue weighted by molar-refractivity contribution is -0.146. The van der Waals surface area contributed by atoms with E-state index in [1.54, 1.807) is 32.0 Å². The molecule has 2 rings (SSSR count). The lowest BCUT2D eigenvalue weighted by atomic mass is 9.87. The monoisotopic (exact) mass is 253 g/mol. The fourth-order valence-corrected chi connectivity index (χ4v) is 1.98. The topological polar surface area (TPSA) is 52.3 Å². The summed E-state index contributed by atoms with van der Waals surface area (Å²) < 4.78 is 9.93. The van der Waals surface area contributed by atoms with Crippen molar-refractivity contribution < 1.29 is 14.1 Å². The Kier molecular flexibility index (Phi) is 2.83. The van der Waals surface area contributed by atoms with Crippen LogP contribution in [0.5, 0.6) is 0 Å². The summed E-state index contributed by atoms with van der Waals surface area (Å²) in [5, 5.41) is 5.10. The van der Waals surface area contributed by atoms with E-state index in [1.165, 1.54) is 7.11 Å². The van der Waals surface area contributed by atoms with Gasteiger partial charge in [0.05, 0.1) is 17.5 Å². The number of carbonyl (C=O) groups excluding carboxylic acids is 1. The predicted octanol–water partition coefficient (Wildman–Crippen LogP) is 2.93. The molecule has 0 aliphatic heterocycles. The molecule has 1 heterocycles. The minimum absolute atomic E-state index is 0.382. The van der Waals surface area contributed by atoms with E-state index in [-0.39, 0.29) is 5.97 Å². The molecule has 0 unspecified atom stereocenters. The molecule has 0 N–H and O–H groups in total. The Bertz CT molecular complexity index is 574. The number of nitrogens with zero attached hydrogens (tertiary/aromatic N) is 1. The summed E-state index contributed by atoms with van der Waals surface area (Å²) >= 11 is 6.11. The lowest BCUT2D eigenvalue weighted by Gasteiger charge is -2.18. The summed E-state index contributed by atoms with van der Waals surface area (Å²) in [5.41, 5.74) is 0.153. The van der Waals surface area contributed by atoms with Crippen LogP contribution in [0.15, 0.2) is 22.7 Å². The highest BCUT2D eigenvalue weighted by Gasteiger charge is 2.36. The molecule has 0 aliphatic rings. The van der Waals surface area contributed by atoms with E-state index < -0.39 is 5.41 Å². The molecule has 0 atom stereocenters. The fraction of sp³-hybridized carbons (Fsp3) is 0.333. The number of halogens is 1. The molecule has 4 nitrogen and oxygen atoms in total. The van der Waals surface area contributed by atoms with Gasteiger partial charge in [-0.1, -0.05) is 22.8 Å². The molecule has 0 saturated heterocycles. The number of hydrogen-bond donors (Lipinski definition) is 0. The molecule has 5 heteroatoms. The van der Waals surface area contributed by atoms with Crippen LogP contribution < -0.4 is 0 Å². The average Bonchev–Trinajstić information content (AvgIpc) is 2.73. The lowest BCUT2D eigenvalue weighted by Crippen LogP contribution is -2.30. The number of methoxy groups -OCH3 is 1. The Hall–Kier alpha value is -1.55. The zero-order valence-corrected chi connectivity index (χ0v) is 10.5. The quantitative estimate of drug-likeness (QED) is 0.772. The van der Waals surface area contributed by atoms with Crippen molar-refractivity contribution in [2.75, 3.05) is 7.11 Å². The Labute approximate surface area is 103 Å². The molecule has 90 valence electrons. The number of hydrogen-bond acceptors (Lipinski definition) is 4. The second-order valence-corrected chi connectivity index (χ2v) is 4.67. The van der Waals surface area contributed by atoms with E-state index in [4.69, 9.17) is 20.9 Å². The highest BCUT2D eigenvalue weighted by atomic mass is 35.5. The normalized spacial score (nSPS) is 11.8. The van der Waals surface area contributed by atoms with Crippen LogP contribution >= 0.6 is 11.6 Å². The Balaban J connectivity index is 2.68. The van der Waals surface area contributed by atoms with Crippen molar-refractivity contribution in [2.24, 2.45) is 0 Å². The van der Waals surface area contributed by atoms with Gasteiger partial charge in [-0.25, -0.2) is 0 Å². The molecule has 0 radical (unpaired) electrons. The summed E-state index contributed by atoms with van der Waals surface area (Å²) in [6.07, 6.45) is 0. The van der Waals surface area contributed by atoms with Gasteiger partial charge in [0.15, 0.2) is 5.58 Å². The molecule has 0 spiro atoms. The SMILES string of the molecule is COC(=O)C(C)(C)c1noc2cccc(Cl)c12. The van der Waals surface area contributed by atoms with Crippen LogP contribution in [0.2, 0.25) is 5.02 Å². The average molecular weight is 254 g/mol. The molecule has 0 bridgehead atoms. The second kappa shape index (κ2) is 4.04. The first-order chi connectivity index (χ1) is 7.98. The van der Waals surface area contributed by atoms with E-state index in [1.807, 2.05) is 0 Å². The molecule has 2 aromatic rings. The van der Waals surface area contributed by atoms with Crippen molar-refractivity contribution in [3.63, 3.8) is 0 Å². The first-order valence-corrected chi connectivity index (χ1v) is 5.49. The maximum atomic E-state index is 11.7. The van der Waals surface area contributed by atoms with Gasteiger partial charge in [0.25, 0.3) is 0 Å². The molecular formula is C12H12ClNO3. The van der Waals surface area contributed by atoms with Gasteiger partial charge in [-0.05, 0) is 26.0 Å². The third kappa shape index (κ3) is 1.78. The van der Waals surface area contributed by atoms with Crippen LogP contribution in [0.3, 0.4) is 0 Å². The Morgan fingerprint density at radius 3 is 2.82 bits per heavy atom. The van der Waals surface area contributed by atoms with E-state index in [2.05, 4.69) is 5.16 Å². The van der Waals surface area contributed by atoms with Crippen molar-refractivity contribution in [1.82, 2.24) is 5.16 Å². The van der Waals surface area contributed by atoms with E-state index in [0.29, 0.717) is 21.7 Å². The molecular weight excluding hydrogens is 242 g/mol. The van der Waals surface area contributed by atoms with Crippen LogP contribution in [-0.4, -0.2) is 18.2 Å². The first-order valence-electron chi connectivity index (χ1n) is 5.11. The van der Waals surface area contributed by atoms with Crippen molar-refractivity contribution in [1.29, 1.82) is 0 Å². The molecule has 1 aromatic heterocycles. The minimum atomic E-state index is -0.898. The third-order valence-electron chi connectivity index (χ3n) is 2.74. The number of esters is 1. The molecule has 0 aliphatic carbocycles. The summed E-state index contributed by atoms with van der Waals surface area (Å²) in [6, 6.07) is 5.26. The van der Waals surface area contributed by atoms with Gasteiger partial charge in [-0.2, -0.15) is 0 Å². The van der Waals surface area contributed by atoms with Crippen molar-refractivity contribution in [3.05, 3.63) is 28.9 Å². The van der Waals surface area contributed by atoms with Gasteiger partial charge in [-0.3, -0.25) is 4.79 Å². The summed E-state index contributed by atoms with van der Waals surface area (Å²) in [4.78, 5) is 11.7. The first kappa shape index (κ1) is 11.9. The van der Waals surface area contributed by atoms with E-state index >= 15 is 0 Å². The summed E-state index contributed by atoms with van der Waals surface area (Å²) in [5.74, 6) is -0.382. The summed E-state index contributed by atoms with van der Waals surface area (Å²) in [7, 11) is 1.34. The van der Waals surface area contributed by atoms with Crippen LogP contribution in [0.1, 0.15) is 19.5 Å². The predicted molar refractivity (Wildman–Crippen MR) is 64.1 cm³/mol. The Morgan fingerprint density at radius 1 is 1.47 bits per heavy atom. The highest BCUT2D eigenvalue weighted by Crippen LogP contribution is 2.34. The maximum absolute atomic E-state index is 11.7. The zero-order chi connectivity index (χ0) is 12.6. The number of benzene rings is 1. The van der Waals surface area contributed by atoms with Crippen LogP contribution in [0.25, 0.3) is 11.0 Å². The summed E-state index contributed by atoms with van der Waals surface area (Å²) in [6.45, 7) is 3.44. The van der Waals surface area contributed by atoms with Crippen LogP contribution in [-0.2, 0) is 14.9 Å². The minimum Gasteiger partial charge on any atom is -0.468 e. The van der Waals surface area contributed by atoms with Crippen molar-refractivity contribution in [3.8, 4) is 0 Å². The van der Waals surface area contributed by atoms with Crippen molar-refractivity contribution >= 4 is 28.5 Å². The Morgan fingerprint density at radius 2 is 2.18 bits per heavy atom. The molecule has 0 amide bonds. The number of rotatable bonds is 2. The van der Waals surface area contributed by atoms with Gasteiger partial charge < -0.3 is 9.26 Å². The van der Waals surface area contributed by atoms with Gasteiger partial charge in [0.2, 0.25) is 0 Å². The standard InChI is InChI=1S/C12H12ClNO3/c1-12(2,11(15)16-3)10-9-7(13)5-4-6-8(9)17-14-10/h4-6H,1-3H3. The number of aromatic nitrogens is 1. The maximum Gasteiger partial charge on any atom is 0.317 e.